The Morgan fingerprint density at radius 2 is 1.96 bits per heavy atom. The van der Waals surface area contributed by atoms with Crippen molar-refractivity contribution >= 4 is 17.1 Å². The van der Waals surface area contributed by atoms with Gasteiger partial charge in [-0.15, -0.1) is 0 Å². The molecular weight excluding hydrogens is 366 g/mol. The quantitative estimate of drug-likeness (QED) is 0.586. The highest BCUT2D eigenvalue weighted by atomic mass is 35.5. The van der Waals surface area contributed by atoms with Gasteiger partial charge in [0, 0.05) is 16.8 Å². The Bertz CT molecular complexity index is 1180. The van der Waals surface area contributed by atoms with E-state index < -0.39 is 0 Å². The summed E-state index contributed by atoms with van der Waals surface area (Å²) in [6.07, 6.45) is 4.76. The first kappa shape index (κ1) is 17.2. The molecule has 0 fully saturated rings. The van der Waals surface area contributed by atoms with E-state index in [9.17, 15) is 9.90 Å². The number of hydrogen-bond acceptors (Lipinski definition) is 4. The SMILES string of the molecule is COc1ccc(Cn2cc(-c3cc(Cl)ccc3O)n3cncc3c2=O)cc1. The molecule has 7 heteroatoms. The topological polar surface area (TPSA) is 68.8 Å². The molecule has 0 spiro atoms. The van der Waals surface area contributed by atoms with Crippen molar-refractivity contribution in [3.05, 3.63) is 82.1 Å². The van der Waals surface area contributed by atoms with E-state index in [0.717, 1.165) is 11.3 Å². The van der Waals surface area contributed by atoms with Gasteiger partial charge in [-0.1, -0.05) is 23.7 Å². The van der Waals surface area contributed by atoms with Crippen LogP contribution >= 0.6 is 11.6 Å². The van der Waals surface area contributed by atoms with Crippen LogP contribution in [0, 0.1) is 0 Å². The molecule has 4 aromatic rings. The minimum Gasteiger partial charge on any atom is -0.507 e. The molecule has 2 aromatic carbocycles. The highest BCUT2D eigenvalue weighted by Gasteiger charge is 2.14. The summed E-state index contributed by atoms with van der Waals surface area (Å²) in [5.74, 6) is 0.825. The number of benzene rings is 2. The predicted molar refractivity (Wildman–Crippen MR) is 104 cm³/mol. The Morgan fingerprint density at radius 3 is 2.70 bits per heavy atom. The van der Waals surface area contributed by atoms with Crippen molar-refractivity contribution in [2.24, 2.45) is 0 Å². The lowest BCUT2D eigenvalue weighted by molar-refractivity contribution is 0.414. The summed E-state index contributed by atoms with van der Waals surface area (Å²) >= 11 is 6.10. The first-order valence-electron chi connectivity index (χ1n) is 8.24. The normalized spacial score (nSPS) is 11.0. The molecule has 27 heavy (non-hydrogen) atoms. The monoisotopic (exact) mass is 381 g/mol. The molecular formula is C20H16ClN3O3. The molecule has 0 bridgehead atoms. The first-order valence-corrected chi connectivity index (χ1v) is 8.62. The van der Waals surface area contributed by atoms with E-state index in [-0.39, 0.29) is 11.3 Å². The van der Waals surface area contributed by atoms with Crippen LogP contribution in [0.25, 0.3) is 16.8 Å². The fourth-order valence-electron chi connectivity index (χ4n) is 3.02. The second kappa shape index (κ2) is 6.81. The van der Waals surface area contributed by atoms with Gasteiger partial charge in [-0.25, -0.2) is 4.98 Å². The summed E-state index contributed by atoms with van der Waals surface area (Å²) in [4.78, 5) is 16.9. The Balaban J connectivity index is 1.87. The molecule has 0 aliphatic heterocycles. The van der Waals surface area contributed by atoms with Gasteiger partial charge >= 0.3 is 0 Å². The Kier molecular flexibility index (Phi) is 4.33. The third-order valence-electron chi connectivity index (χ3n) is 4.40. The summed E-state index contributed by atoms with van der Waals surface area (Å²) < 4.78 is 8.41. The molecule has 0 aliphatic carbocycles. The maximum Gasteiger partial charge on any atom is 0.276 e. The number of methoxy groups -OCH3 is 1. The van der Waals surface area contributed by atoms with Gasteiger partial charge in [0.1, 0.15) is 17.0 Å². The summed E-state index contributed by atoms with van der Waals surface area (Å²) in [5, 5.41) is 10.8. The minimum atomic E-state index is -0.173. The molecule has 6 nitrogen and oxygen atoms in total. The molecule has 0 aliphatic rings. The minimum absolute atomic E-state index is 0.0732. The van der Waals surface area contributed by atoms with Crippen LogP contribution in [-0.2, 0) is 6.54 Å². The van der Waals surface area contributed by atoms with Gasteiger partial charge in [-0.05, 0) is 35.9 Å². The van der Waals surface area contributed by atoms with E-state index in [2.05, 4.69) is 4.98 Å². The lowest BCUT2D eigenvalue weighted by Crippen LogP contribution is -2.22. The van der Waals surface area contributed by atoms with Gasteiger partial charge in [-0.2, -0.15) is 0 Å². The van der Waals surface area contributed by atoms with Gasteiger partial charge in [0.15, 0.2) is 0 Å². The molecule has 0 unspecified atom stereocenters. The maximum atomic E-state index is 12.8. The Morgan fingerprint density at radius 1 is 1.19 bits per heavy atom. The zero-order valence-electron chi connectivity index (χ0n) is 14.5. The number of aromatic hydroxyl groups is 1. The molecule has 1 N–H and O–H groups in total. The van der Waals surface area contributed by atoms with Crippen LogP contribution < -0.4 is 10.3 Å². The number of ether oxygens (including phenoxy) is 1. The van der Waals surface area contributed by atoms with E-state index in [0.29, 0.717) is 28.3 Å². The molecule has 0 atom stereocenters. The maximum absolute atomic E-state index is 12.8. The van der Waals surface area contributed by atoms with Crippen molar-refractivity contribution in [3.63, 3.8) is 0 Å². The fraction of sp³-hybridized carbons (Fsp3) is 0.100. The number of imidazole rings is 1. The molecule has 4 rings (SSSR count). The molecule has 0 saturated heterocycles. The number of phenols is 1. The number of rotatable bonds is 4. The van der Waals surface area contributed by atoms with Crippen LogP contribution in [-0.4, -0.2) is 26.2 Å². The molecule has 2 heterocycles. The summed E-state index contributed by atoms with van der Waals surface area (Å²) in [7, 11) is 1.61. The van der Waals surface area contributed by atoms with Crippen LogP contribution in [0.1, 0.15) is 5.56 Å². The van der Waals surface area contributed by atoms with Crippen LogP contribution in [0.4, 0.5) is 0 Å². The largest absolute Gasteiger partial charge is 0.507 e. The lowest BCUT2D eigenvalue weighted by atomic mass is 10.1. The highest BCUT2D eigenvalue weighted by molar-refractivity contribution is 6.30. The number of nitrogens with zero attached hydrogens (tertiary/aromatic N) is 3. The van der Waals surface area contributed by atoms with Gasteiger partial charge in [-0.3, -0.25) is 9.20 Å². The van der Waals surface area contributed by atoms with Crippen molar-refractivity contribution in [1.82, 2.24) is 14.0 Å². The number of hydrogen-bond donors (Lipinski definition) is 1. The molecule has 2 aromatic heterocycles. The lowest BCUT2D eigenvalue weighted by Gasteiger charge is -2.13. The molecule has 0 amide bonds. The van der Waals surface area contributed by atoms with Crippen molar-refractivity contribution in [2.75, 3.05) is 7.11 Å². The van der Waals surface area contributed by atoms with E-state index in [1.807, 2.05) is 24.3 Å². The zero-order valence-corrected chi connectivity index (χ0v) is 15.2. The number of aromatic nitrogens is 3. The molecule has 0 radical (unpaired) electrons. The van der Waals surface area contributed by atoms with Crippen LogP contribution in [0.3, 0.4) is 0 Å². The second-order valence-electron chi connectivity index (χ2n) is 6.11. The average molecular weight is 382 g/mol. The zero-order chi connectivity index (χ0) is 19.0. The fourth-order valence-corrected chi connectivity index (χ4v) is 3.19. The van der Waals surface area contributed by atoms with Crippen molar-refractivity contribution in [3.8, 4) is 22.8 Å². The van der Waals surface area contributed by atoms with Crippen molar-refractivity contribution in [1.29, 1.82) is 0 Å². The van der Waals surface area contributed by atoms with Gasteiger partial charge < -0.3 is 14.4 Å². The third kappa shape index (κ3) is 3.15. The van der Waals surface area contributed by atoms with Crippen molar-refractivity contribution in [2.45, 2.75) is 6.54 Å². The van der Waals surface area contributed by atoms with Gasteiger partial charge in [0.25, 0.3) is 5.56 Å². The van der Waals surface area contributed by atoms with Crippen LogP contribution in [0.2, 0.25) is 5.02 Å². The smallest absolute Gasteiger partial charge is 0.276 e. The molecule has 136 valence electrons. The third-order valence-corrected chi connectivity index (χ3v) is 4.64. The number of fused-ring (bicyclic) bond motifs is 1. The van der Waals surface area contributed by atoms with E-state index in [4.69, 9.17) is 16.3 Å². The number of phenolic OH excluding ortho intramolecular Hbond substituents is 1. The molecule has 0 saturated carbocycles. The highest BCUT2D eigenvalue weighted by Crippen LogP contribution is 2.31. The second-order valence-corrected chi connectivity index (χ2v) is 6.54. The van der Waals surface area contributed by atoms with E-state index >= 15 is 0 Å². The summed E-state index contributed by atoms with van der Waals surface area (Å²) in [5.41, 5.74) is 2.33. The number of halogens is 1. The van der Waals surface area contributed by atoms with E-state index in [1.165, 1.54) is 12.3 Å². The Labute approximate surface area is 159 Å². The summed E-state index contributed by atoms with van der Waals surface area (Å²) in [6.45, 7) is 0.374. The summed E-state index contributed by atoms with van der Waals surface area (Å²) in [6, 6.07) is 12.3. The first-order chi connectivity index (χ1) is 13.1. The predicted octanol–water partition coefficient (Wildman–Crippen LogP) is 3.58. The van der Waals surface area contributed by atoms with Gasteiger partial charge in [0.2, 0.25) is 0 Å². The van der Waals surface area contributed by atoms with Gasteiger partial charge in [0.05, 0.1) is 31.9 Å². The van der Waals surface area contributed by atoms with Crippen molar-refractivity contribution < 1.29 is 9.84 Å². The Hall–Kier alpha value is -3.25. The average Bonchev–Trinajstić information content (AvgIpc) is 3.17. The van der Waals surface area contributed by atoms with Crippen LogP contribution in [0.5, 0.6) is 11.5 Å². The van der Waals surface area contributed by atoms with E-state index in [1.54, 1.807) is 40.7 Å². The van der Waals surface area contributed by atoms with Crippen LogP contribution in [0.15, 0.2) is 66.0 Å². The standard InChI is InChI=1S/C20H16ClN3O3/c1-27-15-5-2-13(3-6-15)10-23-11-18(16-8-14(21)4-7-19(16)25)24-12-22-9-17(24)20(23)26/h2-9,11-12,25H,10H2,1H3.